The highest BCUT2D eigenvalue weighted by Crippen LogP contribution is 2.36. The van der Waals surface area contributed by atoms with E-state index in [1.807, 2.05) is 12.1 Å². The molecule has 0 bridgehead atoms. The summed E-state index contributed by atoms with van der Waals surface area (Å²) in [4.78, 5) is 4.71. The molecule has 1 fully saturated rings. The van der Waals surface area contributed by atoms with Crippen molar-refractivity contribution in [2.75, 3.05) is 39.2 Å². The molecule has 1 aromatic carbocycles. The molecule has 1 atom stereocenters. The molecule has 7 heteroatoms. The molecule has 0 amide bonds. The third kappa shape index (κ3) is 8.35. The SMILES string of the molecule is CCNC(=NCc1ccc(OCCOC)cc1)NCC1(C)CCCS1.I. The zero-order chi connectivity index (χ0) is 18.0. The van der Waals surface area contributed by atoms with Gasteiger partial charge in [0.1, 0.15) is 12.4 Å². The lowest BCUT2D eigenvalue weighted by atomic mass is 10.1. The number of hydrogen-bond acceptors (Lipinski definition) is 4. The van der Waals surface area contributed by atoms with E-state index in [4.69, 9.17) is 14.5 Å². The molecule has 1 aliphatic rings. The predicted molar refractivity (Wildman–Crippen MR) is 122 cm³/mol. The number of hydrogen-bond donors (Lipinski definition) is 2. The Bertz CT molecular complexity index is 534. The van der Waals surface area contributed by atoms with Gasteiger partial charge in [0.05, 0.1) is 13.2 Å². The Balaban J connectivity index is 0.00000338. The van der Waals surface area contributed by atoms with E-state index in [2.05, 4.69) is 48.4 Å². The van der Waals surface area contributed by atoms with Gasteiger partial charge >= 0.3 is 0 Å². The number of nitrogens with one attached hydrogen (secondary N) is 2. The summed E-state index contributed by atoms with van der Waals surface area (Å²) in [5.74, 6) is 3.02. The van der Waals surface area contributed by atoms with Crippen LogP contribution in [0.1, 0.15) is 32.3 Å². The lowest BCUT2D eigenvalue weighted by Gasteiger charge is -2.24. The van der Waals surface area contributed by atoms with Gasteiger partial charge in [0, 0.05) is 24.9 Å². The molecule has 0 spiro atoms. The van der Waals surface area contributed by atoms with Crippen molar-refractivity contribution in [3.05, 3.63) is 29.8 Å². The number of halogens is 1. The average molecular weight is 493 g/mol. The summed E-state index contributed by atoms with van der Waals surface area (Å²) >= 11 is 2.06. The van der Waals surface area contributed by atoms with Crippen LogP contribution in [0.3, 0.4) is 0 Å². The molecular weight excluding hydrogens is 461 g/mol. The molecule has 1 aliphatic heterocycles. The maximum absolute atomic E-state index is 5.58. The van der Waals surface area contributed by atoms with Crippen LogP contribution in [0.15, 0.2) is 29.3 Å². The van der Waals surface area contributed by atoms with Crippen LogP contribution >= 0.6 is 35.7 Å². The number of thioether (sulfide) groups is 1. The highest BCUT2D eigenvalue weighted by Gasteiger charge is 2.29. The van der Waals surface area contributed by atoms with Crippen LogP contribution in [0.5, 0.6) is 5.75 Å². The second-order valence-electron chi connectivity index (χ2n) is 6.44. The van der Waals surface area contributed by atoms with Gasteiger partial charge in [0.25, 0.3) is 0 Å². The number of guanidine groups is 1. The fraction of sp³-hybridized carbons (Fsp3) is 0.632. The molecule has 0 aromatic heterocycles. The Kier molecular flexibility index (Phi) is 11.4. The molecule has 2 rings (SSSR count). The van der Waals surface area contributed by atoms with Crippen LogP contribution in [0.4, 0.5) is 0 Å². The number of rotatable bonds is 9. The van der Waals surface area contributed by atoms with Crippen molar-refractivity contribution in [2.45, 2.75) is 38.0 Å². The third-order valence-corrected chi connectivity index (χ3v) is 5.71. The normalized spacial score (nSPS) is 19.7. The Morgan fingerprint density at radius 2 is 2.00 bits per heavy atom. The van der Waals surface area contributed by atoms with Crippen LogP contribution in [-0.2, 0) is 11.3 Å². The number of methoxy groups -OCH3 is 1. The van der Waals surface area contributed by atoms with Crippen LogP contribution < -0.4 is 15.4 Å². The van der Waals surface area contributed by atoms with Crippen LogP contribution in [0.2, 0.25) is 0 Å². The van der Waals surface area contributed by atoms with Gasteiger partial charge in [-0.15, -0.1) is 24.0 Å². The summed E-state index contributed by atoms with van der Waals surface area (Å²) < 4.78 is 10.9. The topological polar surface area (TPSA) is 54.9 Å². The van der Waals surface area contributed by atoms with Gasteiger partial charge in [-0.25, -0.2) is 4.99 Å². The van der Waals surface area contributed by atoms with Crippen LogP contribution in [0, 0.1) is 0 Å². The number of ether oxygens (including phenoxy) is 2. The molecule has 0 radical (unpaired) electrons. The molecule has 1 heterocycles. The summed E-state index contributed by atoms with van der Waals surface area (Å²) in [6, 6.07) is 8.08. The fourth-order valence-corrected chi connectivity index (χ4v) is 3.94. The summed E-state index contributed by atoms with van der Waals surface area (Å²) in [6.45, 7) is 8.06. The van der Waals surface area contributed by atoms with Crippen molar-refractivity contribution in [2.24, 2.45) is 4.99 Å². The number of benzene rings is 1. The Labute approximate surface area is 179 Å². The minimum atomic E-state index is 0. The first kappa shape index (κ1) is 23.4. The van der Waals surface area contributed by atoms with Crippen molar-refractivity contribution in [1.29, 1.82) is 0 Å². The highest BCUT2D eigenvalue weighted by molar-refractivity contribution is 14.0. The Morgan fingerprint density at radius 1 is 1.23 bits per heavy atom. The van der Waals surface area contributed by atoms with Crippen molar-refractivity contribution in [1.82, 2.24) is 10.6 Å². The van der Waals surface area contributed by atoms with Crippen molar-refractivity contribution in [3.63, 3.8) is 0 Å². The highest BCUT2D eigenvalue weighted by atomic mass is 127. The maximum atomic E-state index is 5.58. The third-order valence-electron chi connectivity index (χ3n) is 4.17. The summed E-state index contributed by atoms with van der Waals surface area (Å²) in [5, 5.41) is 6.83. The minimum Gasteiger partial charge on any atom is -0.491 e. The van der Waals surface area contributed by atoms with E-state index in [1.165, 1.54) is 18.6 Å². The largest absolute Gasteiger partial charge is 0.491 e. The fourth-order valence-electron chi connectivity index (χ4n) is 2.69. The summed E-state index contributed by atoms with van der Waals surface area (Å²) in [5.41, 5.74) is 1.16. The minimum absolute atomic E-state index is 0. The predicted octanol–water partition coefficient (Wildman–Crippen LogP) is 3.67. The molecule has 1 aromatic rings. The van der Waals surface area contributed by atoms with Crippen molar-refractivity contribution >= 4 is 41.7 Å². The van der Waals surface area contributed by atoms with Crippen LogP contribution in [-0.4, -0.2) is 49.9 Å². The second kappa shape index (κ2) is 12.7. The van der Waals surface area contributed by atoms with E-state index in [0.717, 1.165) is 30.4 Å². The monoisotopic (exact) mass is 493 g/mol. The zero-order valence-electron chi connectivity index (χ0n) is 16.0. The molecule has 26 heavy (non-hydrogen) atoms. The van der Waals surface area contributed by atoms with E-state index >= 15 is 0 Å². The van der Waals surface area contributed by atoms with Gasteiger partial charge in [-0.2, -0.15) is 11.8 Å². The van der Waals surface area contributed by atoms with E-state index in [9.17, 15) is 0 Å². The zero-order valence-corrected chi connectivity index (χ0v) is 19.2. The summed E-state index contributed by atoms with van der Waals surface area (Å²) in [6.07, 6.45) is 2.59. The molecule has 0 aliphatic carbocycles. The smallest absolute Gasteiger partial charge is 0.191 e. The lowest BCUT2D eigenvalue weighted by molar-refractivity contribution is 0.146. The van der Waals surface area contributed by atoms with E-state index in [1.54, 1.807) is 7.11 Å². The average Bonchev–Trinajstić information content (AvgIpc) is 3.06. The van der Waals surface area contributed by atoms with Gasteiger partial charge in [-0.1, -0.05) is 12.1 Å². The number of aliphatic imine (C=N–C) groups is 1. The van der Waals surface area contributed by atoms with E-state index in [0.29, 0.717) is 24.5 Å². The van der Waals surface area contributed by atoms with Gasteiger partial charge in [0.2, 0.25) is 0 Å². The van der Waals surface area contributed by atoms with Gasteiger partial charge in [-0.05, 0) is 50.1 Å². The maximum Gasteiger partial charge on any atom is 0.191 e. The molecular formula is C19H32IN3O2S. The lowest BCUT2D eigenvalue weighted by Crippen LogP contribution is -2.43. The molecule has 0 saturated carbocycles. The van der Waals surface area contributed by atoms with E-state index < -0.39 is 0 Å². The number of nitrogens with zero attached hydrogens (tertiary/aromatic N) is 1. The first-order valence-electron chi connectivity index (χ1n) is 9.02. The first-order valence-corrected chi connectivity index (χ1v) is 10.0. The molecule has 1 saturated heterocycles. The van der Waals surface area contributed by atoms with Crippen LogP contribution in [0.25, 0.3) is 0 Å². The van der Waals surface area contributed by atoms with Crippen molar-refractivity contribution in [3.8, 4) is 5.75 Å². The molecule has 2 N–H and O–H groups in total. The van der Waals surface area contributed by atoms with Crippen molar-refractivity contribution < 1.29 is 9.47 Å². The Hall–Kier alpha value is -0.670. The standard InChI is InChI=1S/C19H31N3O2S.HI/c1-4-20-18(22-15-19(2)10-5-13-25-19)21-14-16-6-8-17(9-7-16)24-12-11-23-3;/h6-9H,4-5,10-15H2,1-3H3,(H2,20,21,22);1H. The summed E-state index contributed by atoms with van der Waals surface area (Å²) in [7, 11) is 1.67. The molecule has 5 nitrogen and oxygen atoms in total. The molecule has 1 unspecified atom stereocenters. The van der Waals surface area contributed by atoms with E-state index in [-0.39, 0.29) is 24.0 Å². The quantitative estimate of drug-likeness (QED) is 0.238. The molecule has 148 valence electrons. The van der Waals surface area contributed by atoms with Gasteiger partial charge in [0.15, 0.2) is 5.96 Å². The Morgan fingerprint density at radius 3 is 2.62 bits per heavy atom. The van der Waals surface area contributed by atoms with Gasteiger partial charge < -0.3 is 20.1 Å². The second-order valence-corrected chi connectivity index (χ2v) is 8.12. The van der Waals surface area contributed by atoms with Gasteiger partial charge in [-0.3, -0.25) is 0 Å². The first-order chi connectivity index (χ1) is 12.1.